The van der Waals surface area contributed by atoms with E-state index in [9.17, 15) is 13.2 Å². The molecule has 0 amide bonds. The molecule has 0 aromatic carbocycles. The fourth-order valence-corrected chi connectivity index (χ4v) is 1.91. The van der Waals surface area contributed by atoms with Gasteiger partial charge in [-0.2, -0.15) is 8.42 Å². The number of carbonyl (C=O) groups excluding carboxylic acids is 1. The van der Waals surface area contributed by atoms with E-state index >= 15 is 0 Å². The van der Waals surface area contributed by atoms with E-state index < -0.39 is 27.4 Å². The van der Waals surface area contributed by atoms with Crippen LogP contribution in [0, 0.1) is 5.92 Å². The van der Waals surface area contributed by atoms with Crippen molar-refractivity contribution >= 4 is 16.1 Å². The molecule has 2 N–H and O–H groups in total. The van der Waals surface area contributed by atoms with Crippen molar-refractivity contribution in [2.24, 2.45) is 5.92 Å². The van der Waals surface area contributed by atoms with E-state index in [1.54, 1.807) is 6.92 Å². The van der Waals surface area contributed by atoms with Crippen molar-refractivity contribution in [2.45, 2.75) is 39.7 Å². The minimum atomic E-state index is -4.11. The Labute approximate surface area is 96.1 Å². The molecule has 1 unspecified atom stereocenters. The fourth-order valence-electron chi connectivity index (χ4n) is 0.941. The van der Waals surface area contributed by atoms with Crippen molar-refractivity contribution in [1.82, 2.24) is 5.48 Å². The Morgan fingerprint density at radius 1 is 1.50 bits per heavy atom. The van der Waals surface area contributed by atoms with Crippen molar-refractivity contribution in [3.8, 4) is 0 Å². The van der Waals surface area contributed by atoms with E-state index in [0.29, 0.717) is 6.42 Å². The molecule has 0 saturated heterocycles. The van der Waals surface area contributed by atoms with Crippen LogP contribution in [0.25, 0.3) is 0 Å². The molecular formula is C9H19NO5S. The molecule has 0 spiro atoms. The molecule has 0 aromatic heterocycles. The lowest BCUT2D eigenvalue weighted by Crippen LogP contribution is -2.46. The summed E-state index contributed by atoms with van der Waals surface area (Å²) in [7, 11) is -4.11. The highest BCUT2D eigenvalue weighted by Crippen LogP contribution is 2.08. The number of rotatable bonds is 6. The van der Waals surface area contributed by atoms with Crippen molar-refractivity contribution in [3.63, 3.8) is 0 Å². The van der Waals surface area contributed by atoms with Crippen LogP contribution in [0.2, 0.25) is 0 Å². The molecule has 6 nitrogen and oxygen atoms in total. The SMILES string of the molecule is CCC(C)C(=O)ONC(C)(C)CS(=O)(=O)O. The first-order chi connectivity index (χ1) is 7.07. The molecule has 0 aliphatic rings. The van der Waals surface area contributed by atoms with Crippen molar-refractivity contribution in [3.05, 3.63) is 0 Å². The van der Waals surface area contributed by atoms with Crippen LogP contribution < -0.4 is 5.48 Å². The topological polar surface area (TPSA) is 92.7 Å². The van der Waals surface area contributed by atoms with E-state index in [1.165, 1.54) is 13.8 Å². The van der Waals surface area contributed by atoms with Crippen molar-refractivity contribution in [1.29, 1.82) is 0 Å². The predicted octanol–water partition coefficient (Wildman–Crippen LogP) is 0.747. The molecule has 0 bridgehead atoms. The zero-order valence-electron chi connectivity index (χ0n) is 9.98. The third-order valence-electron chi connectivity index (χ3n) is 1.99. The minimum absolute atomic E-state index is 0.256. The Morgan fingerprint density at radius 3 is 2.38 bits per heavy atom. The zero-order chi connectivity index (χ0) is 13.0. The van der Waals surface area contributed by atoms with Gasteiger partial charge in [-0.3, -0.25) is 9.35 Å². The summed E-state index contributed by atoms with van der Waals surface area (Å²) in [5.41, 5.74) is 1.31. The van der Waals surface area contributed by atoms with Crippen LogP contribution in [0.5, 0.6) is 0 Å². The summed E-state index contributed by atoms with van der Waals surface area (Å²) in [4.78, 5) is 16.0. The first-order valence-electron chi connectivity index (χ1n) is 5.00. The lowest BCUT2D eigenvalue weighted by Gasteiger charge is -2.24. The molecule has 0 saturated carbocycles. The highest BCUT2D eigenvalue weighted by atomic mass is 32.2. The first-order valence-corrected chi connectivity index (χ1v) is 6.61. The van der Waals surface area contributed by atoms with E-state index in [0.717, 1.165) is 0 Å². The Hall–Kier alpha value is -0.660. The summed E-state index contributed by atoms with van der Waals surface area (Å²) in [6, 6.07) is 0. The summed E-state index contributed by atoms with van der Waals surface area (Å²) in [6.07, 6.45) is 0.638. The normalized spacial score (nSPS) is 14.6. The summed E-state index contributed by atoms with van der Waals surface area (Å²) in [5.74, 6) is -1.24. The monoisotopic (exact) mass is 253 g/mol. The quantitative estimate of drug-likeness (QED) is 0.536. The smallest absolute Gasteiger partial charge is 0.327 e. The lowest BCUT2D eigenvalue weighted by molar-refractivity contribution is -0.159. The van der Waals surface area contributed by atoms with Gasteiger partial charge in [-0.1, -0.05) is 13.8 Å². The van der Waals surface area contributed by atoms with Crippen molar-refractivity contribution in [2.75, 3.05) is 5.75 Å². The van der Waals surface area contributed by atoms with Crippen LogP contribution in [-0.2, 0) is 19.8 Å². The van der Waals surface area contributed by atoms with Crippen LogP contribution in [0.4, 0.5) is 0 Å². The Bertz CT molecular complexity index is 336. The van der Waals surface area contributed by atoms with Crippen LogP contribution in [0.15, 0.2) is 0 Å². The predicted molar refractivity (Wildman–Crippen MR) is 59.2 cm³/mol. The van der Waals surface area contributed by atoms with Gasteiger partial charge in [-0.25, -0.2) is 0 Å². The van der Waals surface area contributed by atoms with Gasteiger partial charge in [0.1, 0.15) is 0 Å². The van der Waals surface area contributed by atoms with Gasteiger partial charge in [0.15, 0.2) is 0 Å². The average Bonchev–Trinajstić information content (AvgIpc) is 2.09. The molecular weight excluding hydrogens is 234 g/mol. The van der Waals surface area contributed by atoms with Crippen LogP contribution in [0.3, 0.4) is 0 Å². The Balaban J connectivity index is 4.24. The maximum Gasteiger partial charge on any atom is 0.327 e. The van der Waals surface area contributed by atoms with Gasteiger partial charge in [0.25, 0.3) is 10.1 Å². The molecule has 96 valence electrons. The van der Waals surface area contributed by atoms with Gasteiger partial charge in [0.05, 0.1) is 17.2 Å². The third kappa shape index (κ3) is 6.76. The maximum absolute atomic E-state index is 11.3. The molecule has 16 heavy (non-hydrogen) atoms. The molecule has 0 radical (unpaired) electrons. The first kappa shape index (κ1) is 15.3. The number of hydrogen-bond donors (Lipinski definition) is 2. The van der Waals surface area contributed by atoms with E-state index in [-0.39, 0.29) is 5.92 Å². The van der Waals surface area contributed by atoms with Gasteiger partial charge >= 0.3 is 5.97 Å². The van der Waals surface area contributed by atoms with Crippen LogP contribution >= 0.6 is 0 Å². The summed E-state index contributed by atoms with van der Waals surface area (Å²) >= 11 is 0. The highest BCUT2D eigenvalue weighted by Gasteiger charge is 2.27. The second kappa shape index (κ2) is 5.60. The van der Waals surface area contributed by atoms with Gasteiger partial charge in [-0.15, -0.1) is 5.48 Å². The highest BCUT2D eigenvalue weighted by molar-refractivity contribution is 7.85. The lowest BCUT2D eigenvalue weighted by atomic mass is 10.1. The Kier molecular flexibility index (Phi) is 5.37. The van der Waals surface area contributed by atoms with E-state index in [4.69, 9.17) is 9.39 Å². The standard InChI is InChI=1S/C9H19NO5S/c1-5-7(2)8(11)15-10-9(3,4)6-16(12,13)14/h7,10H,5-6H2,1-4H3,(H,12,13,14). The largest absolute Gasteiger partial charge is 0.370 e. The molecule has 1 atom stereocenters. The number of nitrogens with one attached hydrogen (secondary N) is 1. The molecule has 0 aliphatic carbocycles. The third-order valence-corrected chi connectivity index (χ3v) is 3.07. The maximum atomic E-state index is 11.3. The summed E-state index contributed by atoms with van der Waals surface area (Å²) < 4.78 is 30.0. The van der Waals surface area contributed by atoms with Crippen molar-refractivity contribution < 1.29 is 22.6 Å². The molecule has 0 rings (SSSR count). The number of hydroxylamine groups is 1. The number of hydrogen-bond acceptors (Lipinski definition) is 5. The van der Waals surface area contributed by atoms with E-state index in [1.807, 2.05) is 6.92 Å². The Morgan fingerprint density at radius 2 is 2.00 bits per heavy atom. The molecule has 0 aliphatic heterocycles. The fraction of sp³-hybridized carbons (Fsp3) is 0.889. The van der Waals surface area contributed by atoms with E-state index in [2.05, 4.69) is 5.48 Å². The number of carbonyl (C=O) groups is 1. The van der Waals surface area contributed by atoms with Crippen LogP contribution in [0.1, 0.15) is 34.1 Å². The zero-order valence-corrected chi connectivity index (χ0v) is 10.8. The molecule has 0 aromatic rings. The summed E-state index contributed by atoms with van der Waals surface area (Å²) in [6.45, 7) is 6.56. The average molecular weight is 253 g/mol. The summed E-state index contributed by atoms with van der Waals surface area (Å²) in [5, 5.41) is 0. The van der Waals surface area contributed by atoms with Gasteiger partial charge in [0, 0.05) is 0 Å². The molecule has 0 fully saturated rings. The second-order valence-corrected chi connectivity index (χ2v) is 5.90. The minimum Gasteiger partial charge on any atom is -0.370 e. The van der Waals surface area contributed by atoms with Gasteiger partial charge in [-0.05, 0) is 20.3 Å². The van der Waals surface area contributed by atoms with Crippen LogP contribution in [-0.4, -0.2) is 30.2 Å². The molecule has 7 heteroatoms. The van der Waals surface area contributed by atoms with Gasteiger partial charge in [0.2, 0.25) is 0 Å². The molecule has 0 heterocycles. The van der Waals surface area contributed by atoms with Gasteiger partial charge < -0.3 is 4.84 Å². The second-order valence-electron chi connectivity index (χ2n) is 4.44.